The maximum atomic E-state index is 11.3. The van der Waals surface area contributed by atoms with Gasteiger partial charge in [0.15, 0.2) is 0 Å². The molecule has 0 heterocycles. The molecular formula is C15H26O3. The van der Waals surface area contributed by atoms with E-state index < -0.39 is 17.1 Å². The summed E-state index contributed by atoms with van der Waals surface area (Å²) in [6.45, 7) is 6.29. The van der Waals surface area contributed by atoms with Crippen molar-refractivity contribution < 1.29 is 15.3 Å². The topological polar surface area (TPSA) is 60.7 Å². The highest BCUT2D eigenvalue weighted by Crippen LogP contribution is 2.71. The Labute approximate surface area is 109 Å². The summed E-state index contributed by atoms with van der Waals surface area (Å²) in [6, 6.07) is 0. The minimum atomic E-state index is -1.12. The first-order chi connectivity index (χ1) is 8.31. The summed E-state index contributed by atoms with van der Waals surface area (Å²) in [5.74, 6) is 1.30. The van der Waals surface area contributed by atoms with Gasteiger partial charge in [-0.3, -0.25) is 0 Å². The zero-order valence-electron chi connectivity index (χ0n) is 11.7. The fourth-order valence-electron chi connectivity index (χ4n) is 5.92. The second-order valence-corrected chi connectivity index (χ2v) is 7.57. The van der Waals surface area contributed by atoms with Crippen LogP contribution < -0.4 is 0 Å². The lowest BCUT2D eigenvalue weighted by Gasteiger charge is -2.73. The Hall–Kier alpha value is -0.120. The van der Waals surface area contributed by atoms with Gasteiger partial charge in [-0.05, 0) is 43.4 Å². The smallest absolute Gasteiger partial charge is 0.104 e. The summed E-state index contributed by atoms with van der Waals surface area (Å²) in [4.78, 5) is 0. The molecule has 0 radical (unpaired) electrons. The summed E-state index contributed by atoms with van der Waals surface area (Å²) in [5.41, 5.74) is -1.90. The van der Waals surface area contributed by atoms with Gasteiger partial charge < -0.3 is 15.3 Å². The molecule has 0 aliphatic heterocycles. The van der Waals surface area contributed by atoms with E-state index in [1.54, 1.807) is 0 Å². The number of aliphatic hydroxyl groups is 3. The molecule has 1 unspecified atom stereocenters. The Bertz CT molecular complexity index is 371. The van der Waals surface area contributed by atoms with Crippen LogP contribution in [0.3, 0.4) is 0 Å². The molecule has 3 N–H and O–H groups in total. The lowest BCUT2D eigenvalue weighted by molar-refractivity contribution is -0.338. The number of hydrogen-bond acceptors (Lipinski definition) is 3. The van der Waals surface area contributed by atoms with Crippen molar-refractivity contribution >= 4 is 0 Å². The van der Waals surface area contributed by atoms with E-state index in [0.717, 1.165) is 19.3 Å². The second kappa shape index (κ2) is 3.50. The van der Waals surface area contributed by atoms with Crippen LogP contribution in [0.5, 0.6) is 0 Å². The zero-order chi connectivity index (χ0) is 13.3. The molecular weight excluding hydrogens is 228 g/mol. The average molecular weight is 254 g/mol. The molecule has 0 spiro atoms. The number of hydrogen-bond donors (Lipinski definition) is 3. The van der Waals surface area contributed by atoms with E-state index in [9.17, 15) is 15.3 Å². The molecule has 4 saturated carbocycles. The molecule has 0 aromatic rings. The quantitative estimate of drug-likeness (QED) is 0.665. The highest BCUT2D eigenvalue weighted by Gasteiger charge is 2.74. The van der Waals surface area contributed by atoms with Gasteiger partial charge in [0.1, 0.15) is 5.60 Å². The molecule has 7 atom stereocenters. The van der Waals surface area contributed by atoms with Gasteiger partial charge in [0, 0.05) is 10.8 Å². The van der Waals surface area contributed by atoms with Crippen LogP contribution in [0, 0.1) is 28.6 Å². The maximum absolute atomic E-state index is 11.3. The van der Waals surface area contributed by atoms with Crippen molar-refractivity contribution in [3.05, 3.63) is 0 Å². The van der Waals surface area contributed by atoms with Crippen LogP contribution in [0.1, 0.15) is 46.5 Å². The van der Waals surface area contributed by atoms with Crippen LogP contribution in [0.25, 0.3) is 0 Å². The molecule has 4 rings (SSSR count). The van der Waals surface area contributed by atoms with Crippen LogP contribution in [-0.2, 0) is 0 Å². The van der Waals surface area contributed by atoms with Crippen LogP contribution in [0.15, 0.2) is 0 Å². The molecule has 0 aromatic heterocycles. The van der Waals surface area contributed by atoms with Gasteiger partial charge in [0.05, 0.1) is 12.7 Å². The Kier molecular flexibility index (Phi) is 2.51. The van der Waals surface area contributed by atoms with Crippen LogP contribution in [0.4, 0.5) is 0 Å². The van der Waals surface area contributed by atoms with Gasteiger partial charge in [-0.15, -0.1) is 0 Å². The van der Waals surface area contributed by atoms with Gasteiger partial charge in [0.25, 0.3) is 0 Å². The van der Waals surface area contributed by atoms with Crippen molar-refractivity contribution in [1.29, 1.82) is 0 Å². The first kappa shape index (κ1) is 12.9. The highest BCUT2D eigenvalue weighted by atomic mass is 16.3. The minimum absolute atomic E-state index is 0.0259. The first-order valence-corrected chi connectivity index (χ1v) is 7.32. The maximum Gasteiger partial charge on any atom is 0.104 e. The predicted octanol–water partition coefficient (Wildman–Crippen LogP) is 1.55. The first-order valence-electron chi connectivity index (χ1n) is 7.32. The molecule has 18 heavy (non-hydrogen) atoms. The molecule has 4 bridgehead atoms. The van der Waals surface area contributed by atoms with E-state index in [1.165, 1.54) is 0 Å². The summed E-state index contributed by atoms with van der Waals surface area (Å²) < 4.78 is 0. The third-order valence-electron chi connectivity index (χ3n) is 7.10. The van der Waals surface area contributed by atoms with E-state index in [-0.39, 0.29) is 12.0 Å². The molecule has 4 aliphatic rings. The van der Waals surface area contributed by atoms with E-state index in [0.29, 0.717) is 24.2 Å². The standard InChI is InChI=1S/C15H26O3/c1-9-6-12(17)15(18)13(2)5-4-10(7-11(9)13)14(15,3)8-16/h9-12,16-18H,4-8H2,1-3H3/t9-,10+,11-,12-,13-,14?,15-/m0/s1. The Morgan fingerprint density at radius 3 is 2.50 bits per heavy atom. The largest absolute Gasteiger partial charge is 0.396 e. The van der Waals surface area contributed by atoms with Gasteiger partial charge in [-0.1, -0.05) is 20.8 Å². The zero-order valence-corrected chi connectivity index (χ0v) is 11.7. The Balaban J connectivity index is 2.17. The Morgan fingerprint density at radius 1 is 1.22 bits per heavy atom. The van der Waals surface area contributed by atoms with Crippen LogP contribution in [-0.4, -0.2) is 33.6 Å². The molecule has 0 amide bonds. The predicted molar refractivity (Wildman–Crippen MR) is 68.9 cm³/mol. The highest BCUT2D eigenvalue weighted by molar-refractivity contribution is 5.23. The van der Waals surface area contributed by atoms with Crippen LogP contribution in [0.2, 0.25) is 0 Å². The average Bonchev–Trinajstić information content (AvgIpc) is 2.33. The molecule has 0 saturated heterocycles. The monoisotopic (exact) mass is 254 g/mol. The summed E-state index contributed by atoms with van der Waals surface area (Å²) in [7, 11) is 0. The second-order valence-electron chi connectivity index (χ2n) is 7.57. The molecule has 4 fully saturated rings. The number of aliphatic hydroxyl groups excluding tert-OH is 2. The Morgan fingerprint density at radius 2 is 1.89 bits per heavy atom. The molecule has 3 nitrogen and oxygen atoms in total. The summed E-state index contributed by atoms with van der Waals surface area (Å²) in [6.07, 6.45) is 3.12. The van der Waals surface area contributed by atoms with Crippen LogP contribution >= 0.6 is 0 Å². The fourth-order valence-corrected chi connectivity index (χ4v) is 5.92. The molecule has 104 valence electrons. The number of rotatable bonds is 1. The van der Waals surface area contributed by atoms with Crippen molar-refractivity contribution in [3.63, 3.8) is 0 Å². The number of fused-ring (bicyclic) bond motifs is 1. The third-order valence-corrected chi connectivity index (χ3v) is 7.10. The van der Waals surface area contributed by atoms with E-state index in [4.69, 9.17) is 0 Å². The summed E-state index contributed by atoms with van der Waals surface area (Å²) >= 11 is 0. The van der Waals surface area contributed by atoms with Crippen molar-refractivity contribution in [3.8, 4) is 0 Å². The van der Waals surface area contributed by atoms with E-state index in [2.05, 4.69) is 13.8 Å². The summed E-state index contributed by atoms with van der Waals surface area (Å²) in [5, 5.41) is 31.8. The normalized spacial score (nSPS) is 63.0. The van der Waals surface area contributed by atoms with Crippen molar-refractivity contribution in [2.24, 2.45) is 28.6 Å². The molecule has 3 heteroatoms. The van der Waals surface area contributed by atoms with Gasteiger partial charge in [-0.2, -0.15) is 0 Å². The fraction of sp³-hybridized carbons (Fsp3) is 1.00. The third kappa shape index (κ3) is 1.09. The van der Waals surface area contributed by atoms with Crippen molar-refractivity contribution in [1.82, 2.24) is 0 Å². The molecule has 0 aromatic carbocycles. The lowest BCUT2D eigenvalue weighted by Crippen LogP contribution is -2.78. The van der Waals surface area contributed by atoms with Crippen molar-refractivity contribution in [2.45, 2.75) is 58.2 Å². The van der Waals surface area contributed by atoms with Gasteiger partial charge >= 0.3 is 0 Å². The van der Waals surface area contributed by atoms with Crippen molar-refractivity contribution in [2.75, 3.05) is 6.61 Å². The van der Waals surface area contributed by atoms with E-state index in [1.807, 2.05) is 6.92 Å². The van der Waals surface area contributed by atoms with Gasteiger partial charge in [-0.25, -0.2) is 0 Å². The lowest BCUT2D eigenvalue weighted by atomic mass is 9.34. The minimum Gasteiger partial charge on any atom is -0.396 e. The van der Waals surface area contributed by atoms with Gasteiger partial charge in [0.2, 0.25) is 0 Å². The molecule has 4 aliphatic carbocycles. The SMILES string of the molecule is C[C@H]1C[C@H](O)[C@@]2(O)C(C)(CO)[C@@H]3CC[C@@]2(C)[C@H]1C3. The van der Waals surface area contributed by atoms with E-state index >= 15 is 0 Å².